The van der Waals surface area contributed by atoms with Gasteiger partial charge in [0.05, 0.1) is 18.8 Å². The van der Waals surface area contributed by atoms with Crippen molar-refractivity contribution < 1.29 is 9.53 Å². The highest BCUT2D eigenvalue weighted by atomic mass is 16.5. The van der Waals surface area contributed by atoms with Crippen molar-refractivity contribution in [3.8, 4) is 5.75 Å². The van der Waals surface area contributed by atoms with Crippen LogP contribution >= 0.6 is 0 Å². The van der Waals surface area contributed by atoms with Gasteiger partial charge in [0.15, 0.2) is 0 Å². The van der Waals surface area contributed by atoms with Crippen molar-refractivity contribution in [3.05, 3.63) is 23.8 Å². The number of hydrogen-bond acceptors (Lipinski definition) is 3. The summed E-state index contributed by atoms with van der Waals surface area (Å²) in [5, 5.41) is 0. The number of methoxy groups -OCH3 is 1. The van der Waals surface area contributed by atoms with E-state index in [4.69, 9.17) is 10.5 Å². The summed E-state index contributed by atoms with van der Waals surface area (Å²) in [4.78, 5) is 13.8. The average molecular weight is 234 g/mol. The van der Waals surface area contributed by atoms with Gasteiger partial charge < -0.3 is 15.4 Å². The second-order valence-corrected chi connectivity index (χ2v) is 4.41. The van der Waals surface area contributed by atoms with Gasteiger partial charge in [0.1, 0.15) is 5.75 Å². The zero-order valence-electron chi connectivity index (χ0n) is 10.3. The number of hydrogen-bond donors (Lipinski definition) is 1. The van der Waals surface area contributed by atoms with Crippen LogP contribution in [0.3, 0.4) is 0 Å². The number of nitrogens with two attached hydrogens (primary N) is 1. The van der Waals surface area contributed by atoms with Crippen LogP contribution in [0.1, 0.15) is 18.4 Å². The summed E-state index contributed by atoms with van der Waals surface area (Å²) < 4.78 is 5.30. The Kier molecular flexibility index (Phi) is 3.33. The number of amides is 1. The molecule has 92 valence electrons. The van der Waals surface area contributed by atoms with Crippen molar-refractivity contribution in [2.45, 2.75) is 25.8 Å². The van der Waals surface area contributed by atoms with Crippen LogP contribution in [0.4, 0.5) is 5.69 Å². The molecule has 2 rings (SSSR count). The molecule has 0 aromatic heterocycles. The van der Waals surface area contributed by atoms with Gasteiger partial charge in [0.2, 0.25) is 5.91 Å². The van der Waals surface area contributed by atoms with Crippen LogP contribution in [0, 0.1) is 6.92 Å². The first kappa shape index (κ1) is 11.9. The molecular formula is C13H18N2O2. The monoisotopic (exact) mass is 234 g/mol. The topological polar surface area (TPSA) is 55.6 Å². The summed E-state index contributed by atoms with van der Waals surface area (Å²) in [6.45, 7) is 2.71. The van der Waals surface area contributed by atoms with Gasteiger partial charge in [0, 0.05) is 6.54 Å². The molecule has 1 atom stereocenters. The predicted octanol–water partition coefficient (Wildman–Crippen LogP) is 1.46. The lowest BCUT2D eigenvalue weighted by atomic mass is 10.0. The lowest BCUT2D eigenvalue weighted by molar-refractivity contribution is -0.120. The minimum atomic E-state index is -0.381. The van der Waals surface area contributed by atoms with Gasteiger partial charge in [-0.3, -0.25) is 4.79 Å². The molecule has 1 amide bonds. The number of nitrogens with zero attached hydrogens (tertiary/aromatic N) is 1. The lowest BCUT2D eigenvalue weighted by Gasteiger charge is -2.31. The third kappa shape index (κ3) is 2.26. The standard InChI is InChI=1S/C13H18N2O2/c1-9-5-6-12(17-2)11(8-9)15-7-3-4-10(14)13(15)16/h5-6,8,10H,3-4,7,14H2,1-2H3. The van der Waals surface area contributed by atoms with Crippen molar-refractivity contribution in [2.75, 3.05) is 18.6 Å². The highest BCUT2D eigenvalue weighted by Gasteiger charge is 2.28. The van der Waals surface area contributed by atoms with Crippen LogP contribution in [0.25, 0.3) is 0 Å². The summed E-state index contributed by atoms with van der Waals surface area (Å²) in [7, 11) is 1.61. The van der Waals surface area contributed by atoms with Crippen LogP contribution < -0.4 is 15.4 Å². The number of rotatable bonds is 2. The number of ether oxygens (including phenoxy) is 1. The van der Waals surface area contributed by atoms with E-state index in [1.54, 1.807) is 12.0 Å². The minimum Gasteiger partial charge on any atom is -0.495 e. The fraction of sp³-hybridized carbons (Fsp3) is 0.462. The van der Waals surface area contributed by atoms with E-state index in [0.29, 0.717) is 6.54 Å². The number of benzene rings is 1. The molecule has 0 radical (unpaired) electrons. The Morgan fingerprint density at radius 2 is 2.24 bits per heavy atom. The zero-order valence-corrected chi connectivity index (χ0v) is 10.3. The van der Waals surface area contributed by atoms with E-state index < -0.39 is 0 Å². The minimum absolute atomic E-state index is 0.0137. The molecule has 4 heteroatoms. The molecule has 1 aliphatic heterocycles. The maximum atomic E-state index is 12.1. The van der Waals surface area contributed by atoms with E-state index >= 15 is 0 Å². The molecule has 1 saturated heterocycles. The fourth-order valence-corrected chi connectivity index (χ4v) is 2.15. The quantitative estimate of drug-likeness (QED) is 0.842. The molecule has 0 spiro atoms. The highest BCUT2D eigenvalue weighted by molar-refractivity contribution is 5.99. The second-order valence-electron chi connectivity index (χ2n) is 4.41. The van der Waals surface area contributed by atoms with E-state index in [9.17, 15) is 4.79 Å². The van der Waals surface area contributed by atoms with Crippen LogP contribution in [-0.4, -0.2) is 25.6 Å². The predicted molar refractivity (Wildman–Crippen MR) is 67.3 cm³/mol. The van der Waals surface area contributed by atoms with Crippen molar-refractivity contribution >= 4 is 11.6 Å². The Labute approximate surface area is 101 Å². The molecule has 1 unspecified atom stereocenters. The Morgan fingerprint density at radius 3 is 2.94 bits per heavy atom. The molecule has 1 fully saturated rings. The number of anilines is 1. The van der Waals surface area contributed by atoms with Gasteiger partial charge in [0.25, 0.3) is 0 Å². The highest BCUT2D eigenvalue weighted by Crippen LogP contribution is 2.31. The van der Waals surface area contributed by atoms with Gasteiger partial charge >= 0.3 is 0 Å². The summed E-state index contributed by atoms with van der Waals surface area (Å²) >= 11 is 0. The molecule has 1 heterocycles. The van der Waals surface area contributed by atoms with Gasteiger partial charge in [-0.2, -0.15) is 0 Å². The number of carbonyl (C=O) groups is 1. The Bertz CT molecular complexity index is 431. The Hall–Kier alpha value is -1.55. The van der Waals surface area contributed by atoms with Crippen molar-refractivity contribution in [1.82, 2.24) is 0 Å². The second kappa shape index (κ2) is 4.75. The van der Waals surface area contributed by atoms with Crippen LogP contribution in [0.5, 0.6) is 5.75 Å². The van der Waals surface area contributed by atoms with Gasteiger partial charge in [-0.05, 0) is 37.5 Å². The van der Waals surface area contributed by atoms with E-state index in [0.717, 1.165) is 29.8 Å². The molecule has 4 nitrogen and oxygen atoms in total. The largest absolute Gasteiger partial charge is 0.495 e. The molecule has 17 heavy (non-hydrogen) atoms. The van der Waals surface area contributed by atoms with Gasteiger partial charge in [-0.1, -0.05) is 6.07 Å². The number of aryl methyl sites for hydroxylation is 1. The first-order chi connectivity index (χ1) is 8.13. The summed E-state index contributed by atoms with van der Waals surface area (Å²) in [5.41, 5.74) is 7.73. The van der Waals surface area contributed by atoms with Gasteiger partial charge in [-0.25, -0.2) is 0 Å². The summed E-state index contributed by atoms with van der Waals surface area (Å²) in [6, 6.07) is 5.44. The Morgan fingerprint density at radius 1 is 1.47 bits per heavy atom. The third-order valence-electron chi connectivity index (χ3n) is 3.11. The molecule has 0 bridgehead atoms. The van der Waals surface area contributed by atoms with Crippen LogP contribution in [0.2, 0.25) is 0 Å². The van der Waals surface area contributed by atoms with Gasteiger partial charge in [-0.15, -0.1) is 0 Å². The molecule has 1 aromatic rings. The van der Waals surface area contributed by atoms with E-state index in [1.165, 1.54) is 0 Å². The van der Waals surface area contributed by atoms with Crippen molar-refractivity contribution in [3.63, 3.8) is 0 Å². The summed E-state index contributed by atoms with van der Waals surface area (Å²) in [6.07, 6.45) is 1.70. The molecule has 0 saturated carbocycles. The first-order valence-electron chi connectivity index (χ1n) is 5.85. The van der Waals surface area contributed by atoms with E-state index in [-0.39, 0.29) is 11.9 Å². The zero-order chi connectivity index (χ0) is 12.4. The molecule has 0 aliphatic carbocycles. The fourth-order valence-electron chi connectivity index (χ4n) is 2.15. The van der Waals surface area contributed by atoms with Crippen molar-refractivity contribution in [2.24, 2.45) is 5.73 Å². The van der Waals surface area contributed by atoms with Crippen LogP contribution in [-0.2, 0) is 4.79 Å². The smallest absolute Gasteiger partial charge is 0.244 e. The molecule has 2 N–H and O–H groups in total. The maximum Gasteiger partial charge on any atom is 0.244 e. The lowest BCUT2D eigenvalue weighted by Crippen LogP contribution is -2.48. The molecule has 1 aromatic carbocycles. The Balaban J connectivity index is 2.38. The first-order valence-corrected chi connectivity index (χ1v) is 5.85. The molecular weight excluding hydrogens is 216 g/mol. The van der Waals surface area contributed by atoms with E-state index in [2.05, 4.69) is 0 Å². The maximum absolute atomic E-state index is 12.1. The number of piperidine rings is 1. The van der Waals surface area contributed by atoms with Crippen LogP contribution in [0.15, 0.2) is 18.2 Å². The average Bonchev–Trinajstić information content (AvgIpc) is 2.33. The van der Waals surface area contributed by atoms with Crippen molar-refractivity contribution in [1.29, 1.82) is 0 Å². The molecule has 1 aliphatic rings. The van der Waals surface area contributed by atoms with E-state index in [1.807, 2.05) is 25.1 Å². The SMILES string of the molecule is COc1ccc(C)cc1N1CCCC(N)C1=O. The number of carbonyl (C=O) groups excluding carboxylic acids is 1. The summed E-state index contributed by atoms with van der Waals surface area (Å²) in [5.74, 6) is 0.707. The third-order valence-corrected chi connectivity index (χ3v) is 3.11. The normalized spacial score (nSPS) is 20.5.